The monoisotopic (exact) mass is 267 g/mol. The van der Waals surface area contributed by atoms with Crippen LogP contribution in [0.4, 0.5) is 8.78 Å². The van der Waals surface area contributed by atoms with Crippen LogP contribution in [0.2, 0.25) is 0 Å². The van der Waals surface area contributed by atoms with Gasteiger partial charge in [0.25, 0.3) is 0 Å². The van der Waals surface area contributed by atoms with Crippen LogP contribution in [0.15, 0.2) is 16.9 Å². The number of H-pyrrole nitrogens is 1. The SMILES string of the molecule is CCc1[nH]c2cc3c(cc2c(=O)c1C)OC(F)(F)O3. The largest absolute Gasteiger partial charge is 0.586 e. The summed E-state index contributed by atoms with van der Waals surface area (Å²) >= 11 is 0. The number of rotatable bonds is 1. The number of aromatic nitrogens is 1. The molecule has 0 fully saturated rings. The molecule has 0 bridgehead atoms. The van der Waals surface area contributed by atoms with E-state index in [-0.39, 0.29) is 16.9 Å². The summed E-state index contributed by atoms with van der Waals surface area (Å²) in [5.74, 6) is -0.189. The molecule has 0 amide bonds. The lowest BCUT2D eigenvalue weighted by Crippen LogP contribution is -2.25. The zero-order valence-corrected chi connectivity index (χ0v) is 10.3. The number of benzene rings is 1. The Morgan fingerprint density at radius 3 is 2.53 bits per heavy atom. The van der Waals surface area contributed by atoms with Gasteiger partial charge in [0.2, 0.25) is 0 Å². The Labute approximate surface area is 107 Å². The third-order valence-electron chi connectivity index (χ3n) is 3.22. The van der Waals surface area contributed by atoms with Crippen molar-refractivity contribution in [3.05, 3.63) is 33.6 Å². The highest BCUT2D eigenvalue weighted by atomic mass is 19.3. The number of aromatic amines is 1. The number of nitrogens with one attached hydrogen (secondary N) is 1. The van der Waals surface area contributed by atoms with E-state index < -0.39 is 6.29 Å². The van der Waals surface area contributed by atoms with Crippen molar-refractivity contribution in [3.63, 3.8) is 0 Å². The zero-order chi connectivity index (χ0) is 13.8. The van der Waals surface area contributed by atoms with Crippen LogP contribution < -0.4 is 14.9 Å². The molecule has 3 rings (SSSR count). The molecular formula is C13H11F2NO3. The van der Waals surface area contributed by atoms with Crippen LogP contribution in [-0.2, 0) is 6.42 Å². The normalized spacial score (nSPS) is 16.0. The molecule has 2 heterocycles. The minimum Gasteiger partial charge on any atom is -0.395 e. The highest BCUT2D eigenvalue weighted by Gasteiger charge is 2.43. The molecule has 100 valence electrons. The van der Waals surface area contributed by atoms with Gasteiger partial charge in [0, 0.05) is 22.7 Å². The first-order valence-corrected chi connectivity index (χ1v) is 5.86. The Morgan fingerprint density at radius 2 is 1.89 bits per heavy atom. The van der Waals surface area contributed by atoms with Gasteiger partial charge in [0.05, 0.1) is 5.52 Å². The molecule has 0 aliphatic carbocycles. The highest BCUT2D eigenvalue weighted by molar-refractivity contribution is 5.83. The van der Waals surface area contributed by atoms with Gasteiger partial charge in [-0.05, 0) is 19.4 Å². The van der Waals surface area contributed by atoms with Crippen LogP contribution in [0.5, 0.6) is 11.5 Å². The van der Waals surface area contributed by atoms with E-state index >= 15 is 0 Å². The Balaban J connectivity index is 2.30. The lowest BCUT2D eigenvalue weighted by molar-refractivity contribution is -0.286. The standard InChI is InChI=1S/C13H11F2NO3/c1-3-8-6(2)12(17)7-4-10-11(5-9(7)16-8)19-13(14,15)18-10/h4-5H,3H2,1-2H3,(H,16,17). The van der Waals surface area contributed by atoms with Crippen LogP contribution in [-0.4, -0.2) is 11.3 Å². The number of hydrogen-bond acceptors (Lipinski definition) is 3. The fourth-order valence-corrected chi connectivity index (χ4v) is 2.24. The van der Waals surface area contributed by atoms with Gasteiger partial charge < -0.3 is 14.5 Å². The van der Waals surface area contributed by atoms with Crippen molar-refractivity contribution in [3.8, 4) is 11.5 Å². The number of alkyl halides is 2. The first kappa shape index (κ1) is 12.0. The predicted octanol–water partition coefficient (Wildman–Crippen LogP) is 2.72. The van der Waals surface area contributed by atoms with Crippen molar-refractivity contribution in [2.24, 2.45) is 0 Å². The molecule has 19 heavy (non-hydrogen) atoms. The van der Waals surface area contributed by atoms with Gasteiger partial charge in [0.15, 0.2) is 16.9 Å². The average Bonchev–Trinajstić information content (AvgIpc) is 2.64. The molecule has 0 unspecified atom stereocenters. The summed E-state index contributed by atoms with van der Waals surface area (Å²) < 4.78 is 34.7. The molecule has 0 spiro atoms. The molecule has 1 aromatic heterocycles. The topological polar surface area (TPSA) is 51.3 Å². The quantitative estimate of drug-likeness (QED) is 0.864. The fraction of sp³-hybridized carbons (Fsp3) is 0.308. The lowest BCUT2D eigenvalue weighted by atomic mass is 10.1. The second-order valence-electron chi connectivity index (χ2n) is 4.42. The number of aryl methyl sites for hydroxylation is 1. The second-order valence-corrected chi connectivity index (χ2v) is 4.42. The summed E-state index contributed by atoms with van der Waals surface area (Å²) in [5.41, 5.74) is 1.64. The Morgan fingerprint density at radius 1 is 1.26 bits per heavy atom. The maximum atomic E-state index is 13.0. The van der Waals surface area contributed by atoms with Crippen molar-refractivity contribution in [2.75, 3.05) is 0 Å². The zero-order valence-electron chi connectivity index (χ0n) is 10.3. The Kier molecular flexibility index (Phi) is 2.32. The van der Waals surface area contributed by atoms with Gasteiger partial charge in [-0.2, -0.15) is 0 Å². The molecule has 1 aliphatic heterocycles. The van der Waals surface area contributed by atoms with Crippen LogP contribution >= 0.6 is 0 Å². The third kappa shape index (κ3) is 1.75. The van der Waals surface area contributed by atoms with Crippen molar-refractivity contribution in [1.82, 2.24) is 4.98 Å². The summed E-state index contributed by atoms with van der Waals surface area (Å²) in [5, 5.41) is 0.315. The van der Waals surface area contributed by atoms with Gasteiger partial charge in [-0.25, -0.2) is 0 Å². The molecule has 0 saturated carbocycles. The van der Waals surface area contributed by atoms with Crippen molar-refractivity contribution in [2.45, 2.75) is 26.6 Å². The van der Waals surface area contributed by atoms with Crippen LogP contribution in [0.25, 0.3) is 10.9 Å². The molecule has 0 atom stereocenters. The van der Waals surface area contributed by atoms with Gasteiger partial charge in [0.1, 0.15) is 0 Å². The molecule has 2 aromatic rings. The summed E-state index contributed by atoms with van der Waals surface area (Å²) in [4.78, 5) is 15.2. The van der Waals surface area contributed by atoms with Crippen LogP contribution in [0.3, 0.4) is 0 Å². The van der Waals surface area contributed by atoms with E-state index in [4.69, 9.17) is 0 Å². The van der Waals surface area contributed by atoms with E-state index in [2.05, 4.69) is 14.5 Å². The first-order chi connectivity index (χ1) is 8.91. The molecule has 0 radical (unpaired) electrons. The number of ether oxygens (including phenoxy) is 2. The summed E-state index contributed by atoms with van der Waals surface area (Å²) in [6.45, 7) is 3.61. The van der Waals surface area contributed by atoms with E-state index in [0.717, 1.165) is 5.69 Å². The fourth-order valence-electron chi connectivity index (χ4n) is 2.24. The van der Waals surface area contributed by atoms with Crippen molar-refractivity contribution < 1.29 is 18.3 Å². The van der Waals surface area contributed by atoms with Crippen LogP contribution in [0, 0.1) is 6.92 Å². The van der Waals surface area contributed by atoms with E-state index in [1.165, 1.54) is 12.1 Å². The molecule has 1 aliphatic rings. The summed E-state index contributed by atoms with van der Waals surface area (Å²) in [6, 6.07) is 2.66. The van der Waals surface area contributed by atoms with E-state index in [9.17, 15) is 13.6 Å². The lowest BCUT2D eigenvalue weighted by Gasteiger charge is -2.06. The van der Waals surface area contributed by atoms with Crippen molar-refractivity contribution in [1.29, 1.82) is 0 Å². The molecule has 0 saturated heterocycles. The number of halogens is 2. The first-order valence-electron chi connectivity index (χ1n) is 5.86. The predicted molar refractivity (Wildman–Crippen MR) is 64.9 cm³/mol. The Bertz CT molecular complexity index is 737. The molecule has 6 heteroatoms. The maximum Gasteiger partial charge on any atom is 0.586 e. The molecular weight excluding hydrogens is 256 g/mol. The maximum absolute atomic E-state index is 13.0. The minimum absolute atomic E-state index is 0.0703. The number of fused-ring (bicyclic) bond motifs is 2. The minimum atomic E-state index is -3.68. The molecule has 4 nitrogen and oxygen atoms in total. The van der Waals surface area contributed by atoms with Crippen LogP contribution in [0.1, 0.15) is 18.2 Å². The summed E-state index contributed by atoms with van der Waals surface area (Å²) in [6.07, 6.45) is -3.02. The van der Waals surface area contributed by atoms with Gasteiger partial charge >= 0.3 is 6.29 Å². The van der Waals surface area contributed by atoms with Gasteiger partial charge in [-0.15, -0.1) is 8.78 Å². The van der Waals surface area contributed by atoms with E-state index in [1.54, 1.807) is 6.92 Å². The Hall–Kier alpha value is -2.11. The summed E-state index contributed by atoms with van der Waals surface area (Å²) in [7, 11) is 0. The second kappa shape index (κ2) is 3.69. The van der Waals surface area contributed by atoms with Crippen molar-refractivity contribution >= 4 is 10.9 Å². The van der Waals surface area contributed by atoms with E-state index in [1.807, 2.05) is 6.92 Å². The van der Waals surface area contributed by atoms with Gasteiger partial charge in [-0.3, -0.25) is 4.79 Å². The van der Waals surface area contributed by atoms with Gasteiger partial charge in [-0.1, -0.05) is 6.92 Å². The van der Waals surface area contributed by atoms with E-state index in [0.29, 0.717) is 22.9 Å². The molecule has 1 N–H and O–H groups in total. The third-order valence-corrected chi connectivity index (χ3v) is 3.22. The highest BCUT2D eigenvalue weighted by Crippen LogP contribution is 2.42. The molecule has 1 aromatic carbocycles. The average molecular weight is 267 g/mol. The number of hydrogen-bond donors (Lipinski definition) is 1. The smallest absolute Gasteiger partial charge is 0.395 e. The number of pyridine rings is 1.